The Bertz CT molecular complexity index is 436. The van der Waals surface area contributed by atoms with Gasteiger partial charge in [-0.3, -0.25) is 5.84 Å². The fourth-order valence-corrected chi connectivity index (χ4v) is 4.90. The van der Waals surface area contributed by atoms with Crippen LogP contribution in [-0.2, 0) is 0 Å². The van der Waals surface area contributed by atoms with Crippen LogP contribution in [0.25, 0.3) is 0 Å². The van der Waals surface area contributed by atoms with Crippen LogP contribution in [0.15, 0.2) is 36.8 Å². The lowest BCUT2D eigenvalue weighted by Crippen LogP contribution is -2.34. The zero-order chi connectivity index (χ0) is 16.1. The summed E-state index contributed by atoms with van der Waals surface area (Å²) in [6.07, 6.45) is 4.56. The minimum Gasteiger partial charge on any atom is -0.384 e. The normalized spacial score (nSPS) is 29.8. The van der Waals surface area contributed by atoms with Gasteiger partial charge in [-0.15, -0.1) is 0 Å². The Morgan fingerprint density at radius 1 is 1.32 bits per heavy atom. The zero-order valence-corrected chi connectivity index (χ0v) is 14.1. The highest BCUT2D eigenvalue weighted by Crippen LogP contribution is 2.42. The molecule has 0 aliphatic carbocycles. The first-order valence-electron chi connectivity index (χ1n) is 7.91. The Balaban J connectivity index is 1.62. The molecule has 0 saturated carbocycles. The number of thioether (sulfide) groups is 1. The Morgan fingerprint density at radius 2 is 2.09 bits per heavy atom. The maximum atomic E-state index is 6.26. The van der Waals surface area contributed by atoms with E-state index in [1.807, 2.05) is 0 Å². The molecule has 0 aromatic rings. The molecule has 0 amide bonds. The standard InChI is InChI=1S/C16H29N5S/c1-10(19-8-11(2)21-18)6-4-5-7-14-15-13(9-22-14)20-12(3)16(15)17/h13-16,19-21H,1-9,17-18H2. The second kappa shape index (κ2) is 7.94. The van der Waals surface area contributed by atoms with Gasteiger partial charge in [-0.25, -0.2) is 0 Å². The molecule has 0 spiro atoms. The predicted octanol–water partition coefficient (Wildman–Crippen LogP) is 1.17. The molecular weight excluding hydrogens is 294 g/mol. The first-order valence-corrected chi connectivity index (χ1v) is 8.96. The lowest BCUT2D eigenvalue weighted by Gasteiger charge is -2.21. The Labute approximate surface area is 138 Å². The highest BCUT2D eigenvalue weighted by atomic mass is 32.2. The molecule has 0 radical (unpaired) electrons. The number of allylic oxidation sites excluding steroid dienone is 1. The van der Waals surface area contributed by atoms with E-state index in [9.17, 15) is 0 Å². The second-order valence-electron chi connectivity index (χ2n) is 6.20. The number of rotatable bonds is 9. The molecular formula is C16H29N5S. The van der Waals surface area contributed by atoms with Crippen LogP contribution in [0.4, 0.5) is 0 Å². The van der Waals surface area contributed by atoms with Crippen LogP contribution in [0.5, 0.6) is 0 Å². The lowest BCUT2D eigenvalue weighted by atomic mass is 9.90. The molecule has 2 fully saturated rings. The van der Waals surface area contributed by atoms with Crippen molar-refractivity contribution in [3.8, 4) is 0 Å². The second-order valence-corrected chi connectivity index (χ2v) is 7.47. The van der Waals surface area contributed by atoms with Crippen LogP contribution in [0, 0.1) is 5.92 Å². The van der Waals surface area contributed by atoms with E-state index in [1.165, 1.54) is 12.8 Å². The molecule has 22 heavy (non-hydrogen) atoms. The molecule has 2 rings (SSSR count). The number of fused-ring (bicyclic) bond motifs is 1. The largest absolute Gasteiger partial charge is 0.384 e. The highest BCUT2D eigenvalue weighted by molar-refractivity contribution is 8.00. The Hall–Kier alpha value is -1.11. The lowest BCUT2D eigenvalue weighted by molar-refractivity contribution is 0.429. The first kappa shape index (κ1) is 17.2. The third-order valence-electron chi connectivity index (χ3n) is 4.54. The average molecular weight is 324 g/mol. The molecule has 5 nitrogen and oxygen atoms in total. The van der Waals surface area contributed by atoms with Crippen molar-refractivity contribution >= 4 is 11.8 Å². The van der Waals surface area contributed by atoms with E-state index in [0.717, 1.165) is 35.7 Å². The zero-order valence-electron chi connectivity index (χ0n) is 13.2. The summed E-state index contributed by atoms with van der Waals surface area (Å²) in [6.45, 7) is 12.5. The van der Waals surface area contributed by atoms with Crippen molar-refractivity contribution in [1.29, 1.82) is 0 Å². The highest BCUT2D eigenvalue weighted by Gasteiger charge is 2.45. The molecule has 4 atom stereocenters. The number of nitrogens with two attached hydrogens (primary N) is 2. The molecule has 7 N–H and O–H groups in total. The van der Waals surface area contributed by atoms with E-state index in [-0.39, 0.29) is 6.04 Å². The molecule has 2 aliphatic heterocycles. The Kier molecular flexibility index (Phi) is 6.23. The van der Waals surface area contributed by atoms with Gasteiger partial charge in [-0.2, -0.15) is 11.8 Å². The molecule has 2 aliphatic rings. The van der Waals surface area contributed by atoms with Gasteiger partial charge in [0.25, 0.3) is 0 Å². The average Bonchev–Trinajstić information content (AvgIpc) is 3.02. The van der Waals surface area contributed by atoms with Gasteiger partial charge in [0.2, 0.25) is 0 Å². The smallest absolute Gasteiger partial charge is 0.0552 e. The summed E-state index contributed by atoms with van der Waals surface area (Å²) in [5.41, 5.74) is 11.6. The third-order valence-corrected chi connectivity index (χ3v) is 6.07. The van der Waals surface area contributed by atoms with E-state index in [1.54, 1.807) is 0 Å². The van der Waals surface area contributed by atoms with Crippen molar-refractivity contribution < 1.29 is 0 Å². The van der Waals surface area contributed by atoms with Crippen molar-refractivity contribution in [2.24, 2.45) is 17.5 Å². The minimum atomic E-state index is 0.122. The SMILES string of the molecule is C=C(CNC(=C)CCCCC1SCC2NC(=C)C(N)C21)NN. The summed E-state index contributed by atoms with van der Waals surface area (Å²) in [7, 11) is 0. The van der Waals surface area contributed by atoms with Crippen molar-refractivity contribution in [1.82, 2.24) is 16.1 Å². The van der Waals surface area contributed by atoms with Crippen LogP contribution in [-0.4, -0.2) is 29.6 Å². The summed E-state index contributed by atoms with van der Waals surface area (Å²) < 4.78 is 0. The molecule has 0 bridgehead atoms. The maximum absolute atomic E-state index is 6.26. The van der Waals surface area contributed by atoms with Gasteiger partial charge >= 0.3 is 0 Å². The molecule has 4 unspecified atom stereocenters. The molecule has 2 saturated heterocycles. The van der Waals surface area contributed by atoms with E-state index < -0.39 is 0 Å². The first-order chi connectivity index (χ1) is 10.5. The topological polar surface area (TPSA) is 88.1 Å². The van der Waals surface area contributed by atoms with Crippen LogP contribution in [0.2, 0.25) is 0 Å². The number of hydrogen-bond acceptors (Lipinski definition) is 6. The van der Waals surface area contributed by atoms with Crippen LogP contribution < -0.4 is 27.6 Å². The predicted molar refractivity (Wildman–Crippen MR) is 95.8 cm³/mol. The summed E-state index contributed by atoms with van der Waals surface area (Å²) >= 11 is 2.06. The van der Waals surface area contributed by atoms with Crippen molar-refractivity contribution in [3.05, 3.63) is 36.8 Å². The van der Waals surface area contributed by atoms with E-state index in [4.69, 9.17) is 11.6 Å². The van der Waals surface area contributed by atoms with Gasteiger partial charge in [0.15, 0.2) is 0 Å². The summed E-state index contributed by atoms with van der Waals surface area (Å²) in [5.74, 6) is 6.98. The summed E-state index contributed by atoms with van der Waals surface area (Å²) in [5, 5.41) is 7.34. The van der Waals surface area contributed by atoms with Crippen LogP contribution >= 0.6 is 11.8 Å². The monoisotopic (exact) mass is 323 g/mol. The van der Waals surface area contributed by atoms with Crippen molar-refractivity contribution in [3.63, 3.8) is 0 Å². The van der Waals surface area contributed by atoms with Gasteiger partial charge in [-0.1, -0.05) is 26.2 Å². The molecule has 2 heterocycles. The number of unbranched alkanes of at least 4 members (excludes halogenated alkanes) is 1. The number of hydrogen-bond donors (Lipinski definition) is 5. The van der Waals surface area contributed by atoms with Gasteiger partial charge < -0.3 is 21.8 Å². The van der Waals surface area contributed by atoms with Gasteiger partial charge in [0.1, 0.15) is 0 Å². The van der Waals surface area contributed by atoms with Crippen LogP contribution in [0.1, 0.15) is 25.7 Å². The molecule has 124 valence electrons. The van der Waals surface area contributed by atoms with E-state index >= 15 is 0 Å². The van der Waals surface area contributed by atoms with Crippen LogP contribution in [0.3, 0.4) is 0 Å². The number of hydrazine groups is 1. The van der Waals surface area contributed by atoms with E-state index in [2.05, 4.69) is 47.6 Å². The fourth-order valence-electron chi connectivity index (χ4n) is 3.23. The third kappa shape index (κ3) is 4.21. The van der Waals surface area contributed by atoms with E-state index in [0.29, 0.717) is 23.8 Å². The van der Waals surface area contributed by atoms with Crippen molar-refractivity contribution in [2.45, 2.75) is 43.0 Å². The summed E-state index contributed by atoms with van der Waals surface area (Å²) in [4.78, 5) is 0. The fraction of sp³-hybridized carbons (Fsp3) is 0.625. The maximum Gasteiger partial charge on any atom is 0.0552 e. The molecule has 0 aromatic carbocycles. The van der Waals surface area contributed by atoms with Gasteiger partial charge in [-0.05, 0) is 19.3 Å². The molecule has 6 heteroatoms. The van der Waals surface area contributed by atoms with Gasteiger partial charge in [0.05, 0.1) is 6.54 Å². The summed E-state index contributed by atoms with van der Waals surface area (Å²) in [6, 6.07) is 0.653. The number of nitrogens with one attached hydrogen (secondary N) is 3. The molecule has 0 aromatic heterocycles. The quantitative estimate of drug-likeness (QED) is 0.249. The van der Waals surface area contributed by atoms with Gasteiger partial charge in [0, 0.05) is 46.1 Å². The Morgan fingerprint density at radius 3 is 2.82 bits per heavy atom. The minimum absolute atomic E-state index is 0.122. The van der Waals surface area contributed by atoms with Crippen molar-refractivity contribution in [2.75, 3.05) is 12.3 Å².